The number of hydrogen-bond acceptors (Lipinski definition) is 2. The molecule has 0 spiro atoms. The van der Waals surface area contributed by atoms with Gasteiger partial charge in [0.05, 0.1) is 29.4 Å². The summed E-state index contributed by atoms with van der Waals surface area (Å²) in [5, 5.41) is 1.08. The van der Waals surface area contributed by atoms with Crippen molar-refractivity contribution in [2.45, 2.75) is 19.5 Å². The molecular weight excluding hydrogens is 452 g/mol. The zero-order valence-corrected chi connectivity index (χ0v) is 18.1. The van der Waals surface area contributed by atoms with E-state index in [1.54, 1.807) is 30.0 Å². The second kappa shape index (κ2) is 8.37. The van der Waals surface area contributed by atoms with Gasteiger partial charge in [-0.3, -0.25) is 4.79 Å². The van der Waals surface area contributed by atoms with E-state index in [0.29, 0.717) is 64.6 Å². The van der Waals surface area contributed by atoms with E-state index in [9.17, 15) is 18.0 Å². The van der Waals surface area contributed by atoms with Crippen LogP contribution in [0.25, 0.3) is 10.9 Å². The molecule has 2 heterocycles. The quantitative estimate of drug-likeness (QED) is 0.520. The number of nitrogens with one attached hydrogen (secondary N) is 1. The number of fused-ring (bicyclic) bond motifs is 1. The summed E-state index contributed by atoms with van der Waals surface area (Å²) in [6, 6.07) is 7.10. The highest BCUT2D eigenvalue weighted by atomic mass is 35.5. The highest BCUT2D eigenvalue weighted by Gasteiger charge is 2.31. The van der Waals surface area contributed by atoms with Gasteiger partial charge in [-0.15, -0.1) is 0 Å². The number of morpholine rings is 1. The normalized spacial score (nSPS) is 15.0. The molecule has 1 aromatic heterocycles. The minimum absolute atomic E-state index is 0.200. The Hall–Kier alpha value is -2.22. The van der Waals surface area contributed by atoms with Gasteiger partial charge in [0, 0.05) is 41.1 Å². The highest BCUT2D eigenvalue weighted by Crippen LogP contribution is 2.35. The molecular formula is C22H19Cl2F3N2O2. The first kappa shape index (κ1) is 22.0. The van der Waals surface area contributed by atoms with Crippen molar-refractivity contribution in [2.24, 2.45) is 0 Å². The molecule has 31 heavy (non-hydrogen) atoms. The van der Waals surface area contributed by atoms with Crippen molar-refractivity contribution in [1.29, 1.82) is 0 Å². The molecule has 0 radical (unpaired) electrons. The first-order chi connectivity index (χ1) is 14.6. The Morgan fingerprint density at radius 3 is 2.55 bits per heavy atom. The number of halogens is 5. The molecule has 9 heteroatoms. The van der Waals surface area contributed by atoms with Gasteiger partial charge in [-0.1, -0.05) is 23.2 Å². The fourth-order valence-electron chi connectivity index (χ4n) is 3.79. The molecule has 1 aliphatic heterocycles. The number of amides is 1. The Labute approximate surface area is 186 Å². The average molecular weight is 471 g/mol. The van der Waals surface area contributed by atoms with Gasteiger partial charge in [-0.25, -0.2) is 0 Å². The summed E-state index contributed by atoms with van der Waals surface area (Å²) in [5.41, 5.74) is 1.95. The van der Waals surface area contributed by atoms with E-state index in [1.807, 2.05) is 0 Å². The molecule has 0 saturated carbocycles. The SMILES string of the molecule is Cc1cc(C(F)(F)F)cc2cc(Cc3c(Cl)ccc(C(=O)N4CCOCC4)c3Cl)[nH]c12. The van der Waals surface area contributed by atoms with E-state index in [0.717, 1.165) is 12.1 Å². The number of ether oxygens (including phenoxy) is 1. The van der Waals surface area contributed by atoms with Crippen LogP contribution in [-0.4, -0.2) is 42.1 Å². The van der Waals surface area contributed by atoms with Crippen molar-refractivity contribution in [3.63, 3.8) is 0 Å². The topological polar surface area (TPSA) is 45.3 Å². The first-order valence-corrected chi connectivity index (χ1v) is 10.4. The van der Waals surface area contributed by atoms with Crippen molar-refractivity contribution in [1.82, 2.24) is 9.88 Å². The van der Waals surface area contributed by atoms with Crippen LogP contribution in [0, 0.1) is 6.92 Å². The van der Waals surface area contributed by atoms with Crippen LogP contribution in [0.4, 0.5) is 13.2 Å². The first-order valence-electron chi connectivity index (χ1n) is 9.68. The number of carbonyl (C=O) groups excluding carboxylic acids is 1. The van der Waals surface area contributed by atoms with Crippen LogP contribution in [0.1, 0.15) is 32.7 Å². The molecule has 2 aromatic carbocycles. The van der Waals surface area contributed by atoms with E-state index < -0.39 is 11.7 Å². The fraction of sp³-hybridized carbons (Fsp3) is 0.318. The Balaban J connectivity index is 1.68. The van der Waals surface area contributed by atoms with E-state index in [2.05, 4.69) is 4.98 Å². The lowest BCUT2D eigenvalue weighted by Crippen LogP contribution is -2.40. The zero-order chi connectivity index (χ0) is 22.3. The molecule has 0 aliphatic carbocycles. The van der Waals surface area contributed by atoms with Crippen molar-refractivity contribution < 1.29 is 22.7 Å². The molecule has 1 aliphatic rings. The third kappa shape index (κ3) is 4.40. The fourth-order valence-corrected chi connectivity index (χ4v) is 4.38. The molecule has 0 atom stereocenters. The van der Waals surface area contributed by atoms with Gasteiger partial charge in [-0.2, -0.15) is 13.2 Å². The summed E-state index contributed by atoms with van der Waals surface area (Å²) >= 11 is 12.9. The molecule has 1 fully saturated rings. The maximum atomic E-state index is 13.1. The van der Waals surface area contributed by atoms with Crippen LogP contribution < -0.4 is 0 Å². The van der Waals surface area contributed by atoms with Gasteiger partial charge < -0.3 is 14.6 Å². The molecule has 3 aromatic rings. The number of H-pyrrole nitrogens is 1. The van der Waals surface area contributed by atoms with Gasteiger partial charge in [0.25, 0.3) is 5.91 Å². The highest BCUT2D eigenvalue weighted by molar-refractivity contribution is 6.38. The number of aromatic amines is 1. The monoisotopic (exact) mass is 470 g/mol. The summed E-state index contributed by atoms with van der Waals surface area (Å²) in [6.07, 6.45) is -4.17. The summed E-state index contributed by atoms with van der Waals surface area (Å²) in [4.78, 5) is 17.7. The van der Waals surface area contributed by atoms with Crippen molar-refractivity contribution in [3.05, 3.63) is 68.3 Å². The molecule has 4 rings (SSSR count). The maximum Gasteiger partial charge on any atom is 0.416 e. The number of nitrogens with zero attached hydrogens (tertiary/aromatic N) is 1. The summed E-state index contributed by atoms with van der Waals surface area (Å²) in [5.74, 6) is -0.200. The molecule has 0 bridgehead atoms. The Morgan fingerprint density at radius 1 is 1.16 bits per heavy atom. The van der Waals surface area contributed by atoms with Gasteiger partial charge in [0.2, 0.25) is 0 Å². The van der Waals surface area contributed by atoms with E-state index in [1.165, 1.54) is 0 Å². The van der Waals surface area contributed by atoms with Gasteiger partial charge >= 0.3 is 6.18 Å². The van der Waals surface area contributed by atoms with Crippen LogP contribution in [0.5, 0.6) is 0 Å². The molecule has 1 N–H and O–H groups in total. The Kier molecular flexibility index (Phi) is 5.94. The Morgan fingerprint density at radius 2 is 1.87 bits per heavy atom. The summed E-state index contributed by atoms with van der Waals surface area (Å²) < 4.78 is 44.7. The minimum atomic E-state index is -4.42. The second-order valence-corrected chi connectivity index (χ2v) is 8.30. The lowest BCUT2D eigenvalue weighted by Gasteiger charge is -2.27. The number of aromatic nitrogens is 1. The van der Waals surface area contributed by atoms with Crippen LogP contribution in [0.2, 0.25) is 10.0 Å². The van der Waals surface area contributed by atoms with E-state index >= 15 is 0 Å². The Bertz CT molecular complexity index is 1150. The van der Waals surface area contributed by atoms with Crippen LogP contribution >= 0.6 is 23.2 Å². The third-order valence-electron chi connectivity index (χ3n) is 5.39. The number of carbonyl (C=O) groups is 1. The molecule has 1 amide bonds. The van der Waals surface area contributed by atoms with Crippen LogP contribution in [-0.2, 0) is 17.3 Å². The maximum absolute atomic E-state index is 13.1. The largest absolute Gasteiger partial charge is 0.416 e. The number of hydrogen-bond donors (Lipinski definition) is 1. The van der Waals surface area contributed by atoms with Crippen molar-refractivity contribution in [3.8, 4) is 0 Å². The van der Waals surface area contributed by atoms with E-state index in [4.69, 9.17) is 27.9 Å². The molecule has 0 unspecified atom stereocenters. The predicted molar refractivity (Wildman–Crippen MR) is 114 cm³/mol. The molecule has 164 valence electrons. The third-order valence-corrected chi connectivity index (χ3v) is 6.18. The average Bonchev–Trinajstić information content (AvgIpc) is 3.14. The standard InChI is InChI=1S/C22H19Cl2F3N2O2/c1-12-8-14(22(25,26)27)9-13-10-15(28-20(12)13)11-17-18(23)3-2-16(19(17)24)21(30)29-4-6-31-7-5-29/h2-3,8-10,28H,4-7,11H2,1H3. The van der Waals surface area contributed by atoms with Gasteiger partial charge in [0.1, 0.15) is 0 Å². The van der Waals surface area contributed by atoms with Crippen molar-refractivity contribution >= 4 is 40.0 Å². The van der Waals surface area contributed by atoms with Crippen LogP contribution in [0.3, 0.4) is 0 Å². The lowest BCUT2D eigenvalue weighted by atomic mass is 10.0. The van der Waals surface area contributed by atoms with Crippen molar-refractivity contribution in [2.75, 3.05) is 26.3 Å². The van der Waals surface area contributed by atoms with Crippen LogP contribution in [0.15, 0.2) is 30.3 Å². The summed E-state index contributed by atoms with van der Waals surface area (Å²) in [7, 11) is 0. The number of alkyl halides is 3. The zero-order valence-electron chi connectivity index (χ0n) is 16.6. The van der Waals surface area contributed by atoms with E-state index in [-0.39, 0.29) is 17.4 Å². The number of rotatable bonds is 3. The smallest absolute Gasteiger partial charge is 0.378 e. The minimum Gasteiger partial charge on any atom is -0.378 e. The molecule has 1 saturated heterocycles. The predicted octanol–water partition coefficient (Wildman–Crippen LogP) is 5.87. The lowest BCUT2D eigenvalue weighted by molar-refractivity contribution is -0.137. The number of benzene rings is 2. The summed E-state index contributed by atoms with van der Waals surface area (Å²) in [6.45, 7) is 3.53. The van der Waals surface area contributed by atoms with Gasteiger partial charge in [0.15, 0.2) is 0 Å². The van der Waals surface area contributed by atoms with Gasteiger partial charge in [-0.05, 0) is 48.4 Å². The second-order valence-electron chi connectivity index (χ2n) is 7.52. The molecule has 4 nitrogen and oxygen atoms in total. The number of aryl methyl sites for hydroxylation is 1.